The van der Waals surface area contributed by atoms with Gasteiger partial charge in [0.05, 0.1) is 6.10 Å². The molecule has 0 fully saturated rings. The fourth-order valence-corrected chi connectivity index (χ4v) is 0.0962. The maximum Gasteiger partial charge on any atom is 0.0665 e. The lowest BCUT2D eigenvalue weighted by atomic mass is 10.4. The van der Waals surface area contributed by atoms with E-state index in [2.05, 4.69) is 0 Å². The van der Waals surface area contributed by atoms with Gasteiger partial charge in [-0.2, -0.15) is 0 Å². The van der Waals surface area contributed by atoms with Gasteiger partial charge in [0.15, 0.2) is 0 Å². The lowest BCUT2D eigenvalue weighted by Gasteiger charge is -2.01. The van der Waals surface area contributed by atoms with Crippen molar-refractivity contribution in [1.82, 2.24) is 0 Å². The van der Waals surface area contributed by atoms with Crippen LogP contribution in [0.15, 0.2) is 0 Å². The van der Waals surface area contributed by atoms with Crippen molar-refractivity contribution in [3.05, 3.63) is 0 Å². The van der Waals surface area contributed by atoms with Crippen molar-refractivity contribution in [2.45, 2.75) is 13.0 Å². The summed E-state index contributed by atoms with van der Waals surface area (Å²) < 4.78 is 4.77. The summed E-state index contributed by atoms with van der Waals surface area (Å²) in [5, 5.41) is 0. The molecule has 3 heteroatoms. The fourth-order valence-electron chi connectivity index (χ4n) is 0.0962. The van der Waals surface area contributed by atoms with Gasteiger partial charge in [0.25, 0.3) is 0 Å². The average Bonchev–Trinajstić information content (AvgIpc) is 1.65. The van der Waals surface area contributed by atoms with Gasteiger partial charge < -0.3 is 10.5 Å². The molecule has 0 unspecified atom stereocenters. The summed E-state index contributed by atoms with van der Waals surface area (Å²) in [6.07, 6.45) is 0.213. The Hall–Kier alpha value is 0.210. The first-order valence-corrected chi connectivity index (χ1v) is 2.04. The predicted octanol–water partition coefficient (Wildman–Crippen LogP) is 0.402. The van der Waals surface area contributed by atoms with Crippen LogP contribution < -0.4 is 5.73 Å². The van der Waals surface area contributed by atoms with Gasteiger partial charge in [-0.05, 0) is 6.92 Å². The molecule has 1 atom stereocenters. The number of hydrogen-bond acceptors (Lipinski definition) is 2. The maximum atomic E-state index is 5.16. The lowest BCUT2D eigenvalue weighted by molar-refractivity contribution is 0.125. The molecule has 0 radical (unpaired) electrons. The third-order valence-electron chi connectivity index (χ3n) is 0.734. The molecule has 0 rings (SSSR count). The molecule has 0 bridgehead atoms. The summed E-state index contributed by atoms with van der Waals surface area (Å²) in [5.74, 6) is 0. The molecule has 0 aromatic carbocycles. The van der Waals surface area contributed by atoms with E-state index in [1.165, 1.54) is 0 Å². The molecule has 0 aliphatic carbocycles. The summed E-state index contributed by atoms with van der Waals surface area (Å²) in [5.41, 5.74) is 5.16. The Morgan fingerprint density at radius 3 is 2.14 bits per heavy atom. The van der Waals surface area contributed by atoms with Crippen molar-refractivity contribution >= 4 is 12.4 Å². The molecule has 0 heterocycles. The van der Waals surface area contributed by atoms with Crippen LogP contribution in [0.2, 0.25) is 0 Å². The molecule has 0 saturated heterocycles. The third-order valence-corrected chi connectivity index (χ3v) is 0.734. The number of ether oxygens (including phenoxy) is 1. The molecule has 2 N–H and O–H groups in total. The minimum atomic E-state index is 0. The van der Waals surface area contributed by atoms with Crippen LogP contribution in [-0.4, -0.2) is 19.8 Å². The molecule has 7 heavy (non-hydrogen) atoms. The fraction of sp³-hybridized carbons (Fsp3) is 1.00. The highest BCUT2D eigenvalue weighted by Gasteiger charge is 1.88. The van der Waals surface area contributed by atoms with E-state index in [1.807, 2.05) is 6.92 Å². The Balaban J connectivity index is 0. The highest BCUT2D eigenvalue weighted by atomic mass is 35.5. The van der Waals surface area contributed by atoms with E-state index in [0.717, 1.165) is 0 Å². The first-order chi connectivity index (χ1) is 2.81. The molecule has 0 aromatic heterocycles. The SMILES string of the molecule is CO[C@@H](C)CN.Cl. The monoisotopic (exact) mass is 125 g/mol. The van der Waals surface area contributed by atoms with E-state index in [4.69, 9.17) is 10.5 Å². The zero-order valence-corrected chi connectivity index (χ0v) is 5.49. The van der Waals surface area contributed by atoms with E-state index in [-0.39, 0.29) is 18.5 Å². The van der Waals surface area contributed by atoms with E-state index >= 15 is 0 Å². The zero-order chi connectivity index (χ0) is 4.99. The van der Waals surface area contributed by atoms with Gasteiger partial charge in [-0.3, -0.25) is 0 Å². The normalized spacial score (nSPS) is 12.4. The van der Waals surface area contributed by atoms with Crippen molar-refractivity contribution in [3.8, 4) is 0 Å². The summed E-state index contributed by atoms with van der Waals surface area (Å²) in [7, 11) is 1.65. The van der Waals surface area contributed by atoms with Gasteiger partial charge in [0, 0.05) is 13.7 Å². The van der Waals surface area contributed by atoms with Gasteiger partial charge in [0.2, 0.25) is 0 Å². The van der Waals surface area contributed by atoms with Crippen LogP contribution in [0.1, 0.15) is 6.92 Å². The Bertz CT molecular complexity index is 30.9. The standard InChI is InChI=1S/C4H11NO.ClH/c1-4(3-5)6-2;/h4H,3,5H2,1-2H3;1H/t4-;/m0./s1. The Morgan fingerprint density at radius 1 is 1.71 bits per heavy atom. The van der Waals surface area contributed by atoms with E-state index in [1.54, 1.807) is 7.11 Å². The third kappa shape index (κ3) is 6.21. The van der Waals surface area contributed by atoms with E-state index < -0.39 is 0 Å². The first-order valence-electron chi connectivity index (χ1n) is 2.04. The van der Waals surface area contributed by atoms with Crippen LogP contribution in [-0.2, 0) is 4.74 Å². The summed E-state index contributed by atoms with van der Waals surface area (Å²) >= 11 is 0. The van der Waals surface area contributed by atoms with Crippen molar-refractivity contribution < 1.29 is 4.74 Å². The molecule has 2 nitrogen and oxygen atoms in total. The second-order valence-corrected chi connectivity index (χ2v) is 1.28. The predicted molar refractivity (Wildman–Crippen MR) is 32.8 cm³/mol. The number of rotatable bonds is 2. The number of nitrogens with two attached hydrogens (primary N) is 1. The average molecular weight is 126 g/mol. The molecule has 0 aromatic rings. The van der Waals surface area contributed by atoms with Crippen LogP contribution in [0, 0.1) is 0 Å². The molecule has 0 aliphatic heterocycles. The van der Waals surface area contributed by atoms with Crippen LogP contribution in [0.4, 0.5) is 0 Å². The van der Waals surface area contributed by atoms with Crippen molar-refractivity contribution in [2.24, 2.45) is 5.73 Å². The summed E-state index contributed by atoms with van der Waals surface area (Å²) in [6.45, 7) is 2.54. The van der Waals surface area contributed by atoms with Crippen molar-refractivity contribution in [1.29, 1.82) is 0 Å². The molecule has 0 spiro atoms. The molecular formula is C4H12ClNO. The van der Waals surface area contributed by atoms with Gasteiger partial charge in [-0.1, -0.05) is 0 Å². The molecular weight excluding hydrogens is 114 g/mol. The maximum absolute atomic E-state index is 5.16. The number of methoxy groups -OCH3 is 1. The smallest absolute Gasteiger partial charge is 0.0665 e. The topological polar surface area (TPSA) is 35.2 Å². The lowest BCUT2D eigenvalue weighted by Crippen LogP contribution is -2.17. The second-order valence-electron chi connectivity index (χ2n) is 1.28. The van der Waals surface area contributed by atoms with Crippen LogP contribution in [0.25, 0.3) is 0 Å². The van der Waals surface area contributed by atoms with Crippen LogP contribution in [0.5, 0.6) is 0 Å². The van der Waals surface area contributed by atoms with E-state index in [0.29, 0.717) is 6.54 Å². The van der Waals surface area contributed by atoms with E-state index in [9.17, 15) is 0 Å². The zero-order valence-electron chi connectivity index (χ0n) is 4.68. The highest BCUT2D eigenvalue weighted by Crippen LogP contribution is 1.78. The summed E-state index contributed by atoms with van der Waals surface area (Å²) in [4.78, 5) is 0. The minimum absolute atomic E-state index is 0. The van der Waals surface area contributed by atoms with Crippen molar-refractivity contribution in [3.63, 3.8) is 0 Å². The Labute approximate surface area is 50.4 Å². The molecule has 0 amide bonds. The van der Waals surface area contributed by atoms with Gasteiger partial charge >= 0.3 is 0 Å². The Morgan fingerprint density at radius 2 is 2.14 bits per heavy atom. The van der Waals surface area contributed by atoms with Crippen LogP contribution in [0.3, 0.4) is 0 Å². The largest absolute Gasteiger partial charge is 0.380 e. The minimum Gasteiger partial charge on any atom is -0.380 e. The number of hydrogen-bond donors (Lipinski definition) is 1. The summed E-state index contributed by atoms with van der Waals surface area (Å²) in [6, 6.07) is 0. The van der Waals surface area contributed by atoms with Crippen LogP contribution >= 0.6 is 12.4 Å². The Kier molecular flexibility index (Phi) is 9.09. The van der Waals surface area contributed by atoms with Gasteiger partial charge in [0.1, 0.15) is 0 Å². The molecule has 46 valence electrons. The molecule has 0 saturated carbocycles. The number of halogens is 1. The van der Waals surface area contributed by atoms with Gasteiger partial charge in [-0.25, -0.2) is 0 Å². The molecule has 0 aliphatic rings. The highest BCUT2D eigenvalue weighted by molar-refractivity contribution is 5.85. The quantitative estimate of drug-likeness (QED) is 0.580. The van der Waals surface area contributed by atoms with Gasteiger partial charge in [-0.15, -0.1) is 12.4 Å². The second kappa shape index (κ2) is 6.21. The first kappa shape index (κ1) is 10.2. The van der Waals surface area contributed by atoms with Crippen molar-refractivity contribution in [2.75, 3.05) is 13.7 Å².